The van der Waals surface area contributed by atoms with Gasteiger partial charge in [0.05, 0.1) is 0 Å². The van der Waals surface area contributed by atoms with Crippen LogP contribution in [0.25, 0.3) is 11.1 Å². The van der Waals surface area contributed by atoms with Gasteiger partial charge in [0.1, 0.15) is 0 Å². The average molecular weight is 301 g/mol. The third-order valence-corrected chi connectivity index (χ3v) is 5.10. The van der Waals surface area contributed by atoms with Crippen LogP contribution in [0.1, 0.15) is 49.0 Å². The number of hydrogen-bond acceptors (Lipinski definition) is 0. The van der Waals surface area contributed by atoms with Gasteiger partial charge in [-0.2, -0.15) is 0 Å². The standard InChI is InChI=1S/C23H22/c1-14-8-7-11-19-18-9-5-6-10-20(18)23(22(14)19)21-13-16(3)15(2)12-17(21)4/h5-13,23H,1-4H3/i2D3. The first-order valence-corrected chi connectivity index (χ1v) is 8.09. The molecule has 0 aromatic heterocycles. The maximum Gasteiger partial charge on any atom is 0.0357 e. The fourth-order valence-electron chi connectivity index (χ4n) is 3.92. The van der Waals surface area contributed by atoms with Crippen molar-refractivity contribution in [2.75, 3.05) is 0 Å². The van der Waals surface area contributed by atoms with Gasteiger partial charge in [0, 0.05) is 10.0 Å². The first kappa shape index (κ1) is 11.2. The van der Waals surface area contributed by atoms with Crippen molar-refractivity contribution in [3.05, 3.63) is 93.5 Å². The van der Waals surface area contributed by atoms with E-state index in [0.29, 0.717) is 5.56 Å². The van der Waals surface area contributed by atoms with Crippen molar-refractivity contribution in [2.45, 2.75) is 33.5 Å². The minimum absolute atomic E-state index is 0.159. The molecule has 0 N–H and O–H groups in total. The van der Waals surface area contributed by atoms with Crippen LogP contribution in [-0.2, 0) is 0 Å². The second-order valence-corrected chi connectivity index (χ2v) is 6.58. The second kappa shape index (κ2) is 5.09. The summed E-state index contributed by atoms with van der Waals surface area (Å²) < 4.78 is 23.4. The lowest BCUT2D eigenvalue weighted by molar-refractivity contribution is 0.976. The summed E-state index contributed by atoms with van der Waals surface area (Å²) in [6.45, 7) is 4.03. The number of rotatable bonds is 1. The molecule has 3 aromatic rings. The summed E-state index contributed by atoms with van der Waals surface area (Å²) >= 11 is 0. The Morgan fingerprint density at radius 2 is 1.48 bits per heavy atom. The maximum atomic E-state index is 7.79. The van der Waals surface area contributed by atoms with E-state index in [1.165, 1.54) is 33.4 Å². The van der Waals surface area contributed by atoms with Crippen LogP contribution in [-0.4, -0.2) is 0 Å². The van der Waals surface area contributed by atoms with Crippen molar-refractivity contribution in [3.63, 3.8) is 0 Å². The van der Waals surface area contributed by atoms with Gasteiger partial charge in [-0.1, -0.05) is 54.6 Å². The van der Waals surface area contributed by atoms with Crippen LogP contribution in [0.4, 0.5) is 0 Å². The van der Waals surface area contributed by atoms with Gasteiger partial charge in [-0.05, 0) is 77.7 Å². The van der Waals surface area contributed by atoms with E-state index < -0.39 is 6.85 Å². The first-order valence-electron chi connectivity index (χ1n) is 9.59. The lowest BCUT2D eigenvalue weighted by atomic mass is 9.83. The summed E-state index contributed by atoms with van der Waals surface area (Å²) in [6.07, 6.45) is 0. The van der Waals surface area contributed by atoms with Gasteiger partial charge in [0.25, 0.3) is 0 Å². The molecule has 1 aliphatic rings. The molecule has 0 amide bonds. The van der Waals surface area contributed by atoms with Crippen molar-refractivity contribution in [1.29, 1.82) is 0 Å². The fraction of sp³-hybridized carbons (Fsp3) is 0.217. The van der Waals surface area contributed by atoms with Crippen molar-refractivity contribution >= 4 is 0 Å². The molecule has 4 rings (SSSR count). The third kappa shape index (κ3) is 2.05. The van der Waals surface area contributed by atoms with E-state index in [0.717, 1.165) is 11.1 Å². The molecule has 3 aromatic carbocycles. The van der Waals surface area contributed by atoms with Gasteiger partial charge in [-0.3, -0.25) is 0 Å². The van der Waals surface area contributed by atoms with Crippen molar-refractivity contribution in [1.82, 2.24) is 0 Å². The summed E-state index contributed by atoms with van der Waals surface area (Å²) in [6, 6.07) is 19.0. The monoisotopic (exact) mass is 301 g/mol. The van der Waals surface area contributed by atoms with E-state index in [1.54, 1.807) is 0 Å². The predicted molar refractivity (Wildman–Crippen MR) is 98.2 cm³/mol. The minimum Gasteiger partial charge on any atom is -0.0619 e. The molecule has 0 bridgehead atoms. The van der Waals surface area contributed by atoms with E-state index in [9.17, 15) is 0 Å². The second-order valence-electron chi connectivity index (χ2n) is 6.58. The van der Waals surface area contributed by atoms with Gasteiger partial charge < -0.3 is 0 Å². The Bertz CT molecular complexity index is 1010. The molecule has 0 spiro atoms. The van der Waals surface area contributed by atoms with E-state index in [2.05, 4.69) is 55.5 Å². The van der Waals surface area contributed by atoms with Crippen molar-refractivity contribution in [2.24, 2.45) is 0 Å². The van der Waals surface area contributed by atoms with Gasteiger partial charge in [0.15, 0.2) is 0 Å². The van der Waals surface area contributed by atoms with Crippen LogP contribution in [0.5, 0.6) is 0 Å². The van der Waals surface area contributed by atoms with Crippen LogP contribution in [0, 0.1) is 27.6 Å². The molecule has 0 saturated heterocycles. The number of benzene rings is 3. The molecule has 114 valence electrons. The number of hydrogen-bond donors (Lipinski definition) is 0. The highest BCUT2D eigenvalue weighted by atomic mass is 14.3. The van der Waals surface area contributed by atoms with E-state index >= 15 is 0 Å². The van der Waals surface area contributed by atoms with Crippen LogP contribution in [0.15, 0.2) is 54.6 Å². The van der Waals surface area contributed by atoms with Crippen molar-refractivity contribution in [3.8, 4) is 11.1 Å². The third-order valence-electron chi connectivity index (χ3n) is 5.10. The van der Waals surface area contributed by atoms with E-state index in [1.807, 2.05) is 19.9 Å². The van der Waals surface area contributed by atoms with Gasteiger partial charge in [-0.15, -0.1) is 0 Å². The van der Waals surface area contributed by atoms with Gasteiger partial charge in [0.2, 0.25) is 0 Å². The molecule has 0 heteroatoms. The van der Waals surface area contributed by atoms with Crippen LogP contribution >= 0.6 is 0 Å². The molecular weight excluding hydrogens is 276 g/mol. The molecule has 1 unspecified atom stereocenters. The van der Waals surface area contributed by atoms with Crippen LogP contribution in [0.2, 0.25) is 0 Å². The molecule has 1 atom stereocenters. The normalized spacial score (nSPS) is 17.9. The molecule has 0 fully saturated rings. The molecule has 0 heterocycles. The van der Waals surface area contributed by atoms with Gasteiger partial charge >= 0.3 is 0 Å². The lowest BCUT2D eigenvalue weighted by Gasteiger charge is -2.20. The van der Waals surface area contributed by atoms with Crippen molar-refractivity contribution < 1.29 is 4.11 Å². The Balaban J connectivity index is 1.99. The largest absolute Gasteiger partial charge is 0.0619 e. The van der Waals surface area contributed by atoms with E-state index in [-0.39, 0.29) is 5.92 Å². The zero-order chi connectivity index (χ0) is 18.6. The fourth-order valence-corrected chi connectivity index (χ4v) is 3.92. The molecule has 0 nitrogen and oxygen atoms in total. The topological polar surface area (TPSA) is 0 Å². The summed E-state index contributed by atoms with van der Waals surface area (Å²) in [5.41, 5.74) is 10.0. The van der Waals surface area contributed by atoms with E-state index in [4.69, 9.17) is 4.11 Å². The number of fused-ring (bicyclic) bond motifs is 3. The Kier molecular flexibility index (Phi) is 2.49. The minimum atomic E-state index is -2.07. The average Bonchev–Trinajstić information content (AvgIpc) is 2.92. The molecule has 0 radical (unpaired) electrons. The summed E-state index contributed by atoms with van der Waals surface area (Å²) in [5.74, 6) is 0.159. The number of aryl methyl sites for hydroxylation is 4. The molecule has 23 heavy (non-hydrogen) atoms. The summed E-state index contributed by atoms with van der Waals surface area (Å²) in [7, 11) is 0. The summed E-state index contributed by atoms with van der Waals surface area (Å²) in [4.78, 5) is 0. The lowest BCUT2D eigenvalue weighted by Crippen LogP contribution is -2.04. The Morgan fingerprint density at radius 3 is 2.30 bits per heavy atom. The highest BCUT2D eigenvalue weighted by molar-refractivity contribution is 5.82. The quantitative estimate of drug-likeness (QED) is 0.399. The van der Waals surface area contributed by atoms with Gasteiger partial charge in [-0.25, -0.2) is 0 Å². The Morgan fingerprint density at radius 1 is 0.696 bits per heavy atom. The Labute approximate surface area is 143 Å². The Hall–Kier alpha value is -2.34. The highest BCUT2D eigenvalue weighted by Gasteiger charge is 2.31. The zero-order valence-electron chi connectivity index (χ0n) is 16.8. The molecule has 1 aliphatic carbocycles. The highest BCUT2D eigenvalue weighted by Crippen LogP contribution is 2.49. The molecule has 0 aliphatic heterocycles. The smallest absolute Gasteiger partial charge is 0.0357 e. The van der Waals surface area contributed by atoms with Crippen LogP contribution < -0.4 is 0 Å². The predicted octanol–water partition coefficient (Wildman–Crippen LogP) is 6.08. The SMILES string of the molecule is [2H]C([2H])([2H])c1cc(C)c(C2c3ccccc3-c3cccc(C)c32)cc1C. The zero-order valence-corrected chi connectivity index (χ0v) is 13.8. The molecular formula is C23H22. The van der Waals surface area contributed by atoms with Crippen LogP contribution in [0.3, 0.4) is 0 Å². The molecule has 0 saturated carbocycles. The maximum absolute atomic E-state index is 7.79. The summed E-state index contributed by atoms with van der Waals surface area (Å²) in [5, 5.41) is 0. The first-order chi connectivity index (χ1) is 12.3.